The number of nitrogens with zero attached hydrogens (tertiary/aromatic N) is 4. The molecule has 1 amide bonds. The van der Waals surface area contributed by atoms with Crippen molar-refractivity contribution in [1.29, 1.82) is 0 Å². The first-order valence-electron chi connectivity index (χ1n) is 8.69. The summed E-state index contributed by atoms with van der Waals surface area (Å²) in [5.41, 5.74) is 1.71. The first-order valence-corrected chi connectivity index (χ1v) is 9.06. The highest BCUT2D eigenvalue weighted by Crippen LogP contribution is 2.32. The highest BCUT2D eigenvalue weighted by Gasteiger charge is 2.32. The molecule has 0 spiro atoms. The largest absolute Gasteiger partial charge is 0.445 e. The van der Waals surface area contributed by atoms with E-state index in [1.807, 2.05) is 40.9 Å². The summed E-state index contributed by atoms with van der Waals surface area (Å²) in [4.78, 5) is 23.1. The van der Waals surface area contributed by atoms with Crippen LogP contribution in [-0.2, 0) is 11.3 Å². The second-order valence-electron chi connectivity index (χ2n) is 6.33. The molecule has 1 atom stereocenters. The number of amides is 1. The normalized spacial score (nSPS) is 17.4. The van der Waals surface area contributed by atoms with Gasteiger partial charge in [-0.25, -0.2) is 14.8 Å². The molecule has 26 heavy (non-hydrogen) atoms. The van der Waals surface area contributed by atoms with E-state index in [0.717, 1.165) is 36.2 Å². The average Bonchev–Trinajstić information content (AvgIpc) is 3.12. The van der Waals surface area contributed by atoms with Crippen LogP contribution in [0.5, 0.6) is 0 Å². The quantitative estimate of drug-likeness (QED) is 0.691. The van der Waals surface area contributed by atoms with E-state index in [1.54, 1.807) is 17.3 Å². The maximum Gasteiger partial charge on any atom is 0.410 e. The lowest BCUT2D eigenvalue weighted by Gasteiger charge is -2.34. The Hall–Kier alpha value is -2.60. The number of likely N-dealkylation sites (tertiary alicyclic amines) is 1. The van der Waals surface area contributed by atoms with Crippen LogP contribution in [0.1, 0.15) is 36.7 Å². The molecule has 0 aliphatic carbocycles. The Balaban J connectivity index is 1.56. The van der Waals surface area contributed by atoms with Crippen LogP contribution in [0, 0.1) is 0 Å². The fraction of sp³-hybridized carbons (Fsp3) is 0.316. The second kappa shape index (κ2) is 7.33. The number of piperidine rings is 1. The number of benzene rings is 1. The molecular formula is C19H19ClN4O2. The van der Waals surface area contributed by atoms with Crippen LogP contribution in [0.2, 0.25) is 5.15 Å². The van der Waals surface area contributed by atoms with Crippen molar-refractivity contribution in [2.45, 2.75) is 31.9 Å². The number of aromatic nitrogens is 3. The third-order valence-corrected chi connectivity index (χ3v) is 4.97. The number of carbonyl (C=O) groups excluding carboxylic acids is 1. The van der Waals surface area contributed by atoms with Gasteiger partial charge in [-0.05, 0) is 24.8 Å². The summed E-state index contributed by atoms with van der Waals surface area (Å²) in [6.07, 6.45) is 7.71. The molecule has 0 saturated carbocycles. The van der Waals surface area contributed by atoms with Gasteiger partial charge in [-0.2, -0.15) is 0 Å². The topological polar surface area (TPSA) is 59.7 Å². The van der Waals surface area contributed by atoms with Crippen LogP contribution in [0.3, 0.4) is 0 Å². The fourth-order valence-electron chi connectivity index (χ4n) is 3.38. The van der Waals surface area contributed by atoms with E-state index in [4.69, 9.17) is 16.3 Å². The molecule has 3 aromatic rings. The molecule has 1 aromatic carbocycles. The summed E-state index contributed by atoms with van der Waals surface area (Å²) >= 11 is 6.15. The predicted octanol–water partition coefficient (Wildman–Crippen LogP) is 4.25. The Morgan fingerprint density at radius 2 is 2.08 bits per heavy atom. The maximum absolute atomic E-state index is 12.7. The minimum atomic E-state index is -0.310. The molecule has 1 fully saturated rings. The van der Waals surface area contributed by atoms with Gasteiger partial charge in [-0.15, -0.1) is 0 Å². The van der Waals surface area contributed by atoms with Gasteiger partial charge in [-0.1, -0.05) is 41.9 Å². The van der Waals surface area contributed by atoms with E-state index in [0.29, 0.717) is 11.7 Å². The summed E-state index contributed by atoms with van der Waals surface area (Å²) in [6.45, 7) is 0.924. The molecule has 0 N–H and O–H groups in total. The van der Waals surface area contributed by atoms with E-state index in [-0.39, 0.29) is 18.7 Å². The van der Waals surface area contributed by atoms with E-state index in [1.165, 1.54) is 0 Å². The van der Waals surface area contributed by atoms with Crippen LogP contribution in [0.4, 0.5) is 4.79 Å². The molecule has 4 rings (SSSR count). The highest BCUT2D eigenvalue weighted by molar-refractivity contribution is 6.32. The molecule has 1 aliphatic heterocycles. The van der Waals surface area contributed by atoms with Crippen molar-refractivity contribution in [2.24, 2.45) is 0 Å². The maximum atomic E-state index is 12.7. The first kappa shape index (κ1) is 16.8. The smallest absolute Gasteiger partial charge is 0.410 e. The molecule has 1 aliphatic rings. The molecule has 1 saturated heterocycles. The second-order valence-corrected chi connectivity index (χ2v) is 6.69. The summed E-state index contributed by atoms with van der Waals surface area (Å²) < 4.78 is 7.45. The highest BCUT2D eigenvalue weighted by atomic mass is 35.5. The van der Waals surface area contributed by atoms with Gasteiger partial charge in [0.05, 0.1) is 12.2 Å². The molecule has 3 heterocycles. The monoisotopic (exact) mass is 370 g/mol. The lowest BCUT2D eigenvalue weighted by molar-refractivity contribution is 0.0657. The predicted molar refractivity (Wildman–Crippen MR) is 97.9 cm³/mol. The molecule has 0 bridgehead atoms. The Kier molecular flexibility index (Phi) is 4.75. The van der Waals surface area contributed by atoms with E-state index >= 15 is 0 Å². The van der Waals surface area contributed by atoms with Gasteiger partial charge < -0.3 is 4.74 Å². The minimum Gasteiger partial charge on any atom is -0.445 e. The van der Waals surface area contributed by atoms with Gasteiger partial charge in [0.2, 0.25) is 0 Å². The van der Waals surface area contributed by atoms with Gasteiger partial charge in [0.1, 0.15) is 17.9 Å². The van der Waals surface area contributed by atoms with Gasteiger partial charge in [0.15, 0.2) is 5.15 Å². The van der Waals surface area contributed by atoms with Crippen LogP contribution in [-0.4, -0.2) is 31.9 Å². The number of hydrogen-bond acceptors (Lipinski definition) is 4. The molecular weight excluding hydrogens is 352 g/mol. The summed E-state index contributed by atoms with van der Waals surface area (Å²) in [7, 11) is 0. The average molecular weight is 371 g/mol. The Labute approximate surface area is 156 Å². The van der Waals surface area contributed by atoms with Crippen molar-refractivity contribution in [3.8, 4) is 0 Å². The van der Waals surface area contributed by atoms with Crippen molar-refractivity contribution in [2.75, 3.05) is 6.54 Å². The minimum absolute atomic E-state index is 0.131. The number of halogens is 1. The van der Waals surface area contributed by atoms with Crippen molar-refractivity contribution >= 4 is 23.2 Å². The molecule has 1 unspecified atom stereocenters. The zero-order valence-electron chi connectivity index (χ0n) is 14.2. The standard InChI is InChI=1S/C19H19ClN4O2/c20-17-16-12-22-18(23(16)11-9-21-17)15-8-4-5-10-24(15)19(25)26-13-14-6-2-1-3-7-14/h1-3,6-7,9,11-12,15H,4-5,8,10,13H2. The molecule has 7 heteroatoms. The van der Waals surface area contributed by atoms with Crippen LogP contribution in [0.15, 0.2) is 48.9 Å². The molecule has 2 aromatic heterocycles. The number of hydrogen-bond donors (Lipinski definition) is 0. The van der Waals surface area contributed by atoms with Crippen molar-refractivity contribution in [3.63, 3.8) is 0 Å². The molecule has 6 nitrogen and oxygen atoms in total. The van der Waals surface area contributed by atoms with Gasteiger partial charge >= 0.3 is 6.09 Å². The number of rotatable bonds is 3. The number of imidazole rings is 1. The van der Waals surface area contributed by atoms with Gasteiger partial charge in [-0.3, -0.25) is 9.30 Å². The van der Waals surface area contributed by atoms with Crippen molar-refractivity contribution < 1.29 is 9.53 Å². The summed E-state index contributed by atoms with van der Waals surface area (Å²) in [5, 5.41) is 0.403. The van der Waals surface area contributed by atoms with E-state index < -0.39 is 0 Å². The molecule has 0 radical (unpaired) electrons. The van der Waals surface area contributed by atoms with Gasteiger partial charge in [0.25, 0.3) is 0 Å². The summed E-state index contributed by atoms with van der Waals surface area (Å²) in [5.74, 6) is 0.792. The van der Waals surface area contributed by atoms with Crippen LogP contribution in [0.25, 0.3) is 5.52 Å². The number of fused-ring (bicyclic) bond motifs is 1. The lowest BCUT2D eigenvalue weighted by Crippen LogP contribution is -2.39. The Morgan fingerprint density at radius 3 is 2.92 bits per heavy atom. The summed E-state index contributed by atoms with van der Waals surface area (Å²) in [6, 6.07) is 9.56. The third kappa shape index (κ3) is 3.24. The van der Waals surface area contributed by atoms with Gasteiger partial charge in [0, 0.05) is 18.9 Å². The third-order valence-electron chi connectivity index (χ3n) is 4.68. The van der Waals surface area contributed by atoms with Crippen molar-refractivity contribution in [1.82, 2.24) is 19.3 Å². The fourth-order valence-corrected chi connectivity index (χ4v) is 3.58. The molecule has 134 valence electrons. The Bertz CT molecular complexity index is 912. The van der Waals surface area contributed by atoms with Crippen LogP contribution < -0.4 is 0 Å². The van der Waals surface area contributed by atoms with Crippen LogP contribution >= 0.6 is 11.6 Å². The number of ether oxygens (including phenoxy) is 1. The van der Waals surface area contributed by atoms with E-state index in [2.05, 4.69) is 9.97 Å². The van der Waals surface area contributed by atoms with Crippen molar-refractivity contribution in [3.05, 3.63) is 65.5 Å². The first-order chi connectivity index (χ1) is 12.7. The Morgan fingerprint density at radius 1 is 1.23 bits per heavy atom. The number of carbonyl (C=O) groups is 1. The SMILES string of the molecule is O=C(OCc1ccccc1)N1CCCCC1c1ncc2c(Cl)nccn12. The zero-order valence-corrected chi connectivity index (χ0v) is 15.0. The zero-order chi connectivity index (χ0) is 17.9. The lowest BCUT2D eigenvalue weighted by atomic mass is 10.0. The van der Waals surface area contributed by atoms with E-state index in [9.17, 15) is 4.79 Å².